The van der Waals surface area contributed by atoms with Crippen molar-refractivity contribution in [2.24, 2.45) is 5.92 Å². The normalized spacial score (nSPS) is 26.4. The maximum atomic E-state index is 5.43. The van der Waals surface area contributed by atoms with Crippen molar-refractivity contribution in [3.8, 4) is 11.5 Å². The minimum atomic E-state index is 0.663. The molecule has 1 fully saturated rings. The van der Waals surface area contributed by atoms with Crippen LogP contribution in [0.15, 0.2) is 12.1 Å². The van der Waals surface area contributed by atoms with E-state index in [-0.39, 0.29) is 0 Å². The van der Waals surface area contributed by atoms with Gasteiger partial charge in [0.25, 0.3) is 0 Å². The van der Waals surface area contributed by atoms with Crippen LogP contribution in [-0.2, 0) is 13.0 Å². The zero-order chi connectivity index (χ0) is 14.1. The van der Waals surface area contributed by atoms with Crippen molar-refractivity contribution >= 4 is 0 Å². The van der Waals surface area contributed by atoms with Crippen LogP contribution in [0.5, 0.6) is 11.5 Å². The molecular weight excluding hydrogens is 252 g/mol. The van der Waals surface area contributed by atoms with Crippen molar-refractivity contribution in [2.75, 3.05) is 33.9 Å². The first-order valence-electron chi connectivity index (χ1n) is 7.41. The van der Waals surface area contributed by atoms with Gasteiger partial charge in [-0.1, -0.05) is 6.92 Å². The lowest BCUT2D eigenvalue weighted by Gasteiger charge is -2.35. The Morgan fingerprint density at radius 3 is 2.40 bits per heavy atom. The standard InChI is InChI=1S/C16H24N2O2/c1-11-8-17-9-14(11)18-5-4-12-6-15(19-2)16(20-3)7-13(12)10-18/h6-7,11,14,17H,4-5,8-10H2,1-3H3. The molecule has 3 rings (SSSR count). The summed E-state index contributed by atoms with van der Waals surface area (Å²) in [5, 5.41) is 3.50. The second-order valence-electron chi connectivity index (χ2n) is 5.90. The van der Waals surface area contributed by atoms with E-state index in [4.69, 9.17) is 9.47 Å². The molecule has 2 aliphatic heterocycles. The molecule has 1 N–H and O–H groups in total. The molecule has 0 amide bonds. The zero-order valence-corrected chi connectivity index (χ0v) is 12.6. The summed E-state index contributed by atoms with van der Waals surface area (Å²) in [7, 11) is 3.40. The Balaban J connectivity index is 1.83. The van der Waals surface area contributed by atoms with E-state index < -0.39 is 0 Å². The molecular formula is C16H24N2O2. The van der Waals surface area contributed by atoms with Gasteiger partial charge >= 0.3 is 0 Å². The van der Waals surface area contributed by atoms with Crippen LogP contribution in [0.1, 0.15) is 18.1 Å². The Kier molecular flexibility index (Phi) is 3.85. The summed E-state index contributed by atoms with van der Waals surface area (Å²) in [5.74, 6) is 2.41. The van der Waals surface area contributed by atoms with E-state index in [0.29, 0.717) is 6.04 Å². The SMILES string of the molecule is COc1cc2c(cc1OC)CN(C1CNCC1C)CC2. The highest BCUT2D eigenvalue weighted by molar-refractivity contribution is 5.48. The van der Waals surface area contributed by atoms with E-state index in [0.717, 1.165) is 50.0 Å². The van der Waals surface area contributed by atoms with Crippen LogP contribution in [-0.4, -0.2) is 44.8 Å². The van der Waals surface area contributed by atoms with Crippen molar-refractivity contribution in [1.29, 1.82) is 0 Å². The van der Waals surface area contributed by atoms with Crippen LogP contribution in [0.3, 0.4) is 0 Å². The molecule has 2 atom stereocenters. The van der Waals surface area contributed by atoms with Crippen molar-refractivity contribution in [2.45, 2.75) is 25.9 Å². The van der Waals surface area contributed by atoms with Crippen molar-refractivity contribution in [3.63, 3.8) is 0 Å². The third kappa shape index (κ3) is 2.38. The first kappa shape index (κ1) is 13.7. The van der Waals surface area contributed by atoms with Gasteiger partial charge in [-0.05, 0) is 42.1 Å². The molecule has 20 heavy (non-hydrogen) atoms. The molecule has 2 aliphatic rings. The smallest absolute Gasteiger partial charge is 0.161 e. The van der Waals surface area contributed by atoms with Crippen LogP contribution in [0.2, 0.25) is 0 Å². The Labute approximate surface area is 121 Å². The number of benzene rings is 1. The number of rotatable bonds is 3. The largest absolute Gasteiger partial charge is 0.493 e. The molecule has 1 saturated heterocycles. The van der Waals surface area contributed by atoms with Gasteiger partial charge < -0.3 is 14.8 Å². The van der Waals surface area contributed by atoms with Crippen LogP contribution in [0.4, 0.5) is 0 Å². The van der Waals surface area contributed by atoms with Crippen LogP contribution < -0.4 is 14.8 Å². The van der Waals surface area contributed by atoms with E-state index in [1.54, 1.807) is 14.2 Å². The molecule has 0 bridgehead atoms. The van der Waals surface area contributed by atoms with Gasteiger partial charge in [0.15, 0.2) is 11.5 Å². The van der Waals surface area contributed by atoms with Crippen molar-refractivity contribution < 1.29 is 9.47 Å². The van der Waals surface area contributed by atoms with E-state index in [1.165, 1.54) is 11.1 Å². The Hall–Kier alpha value is -1.26. The van der Waals surface area contributed by atoms with Crippen LogP contribution in [0, 0.1) is 5.92 Å². The quantitative estimate of drug-likeness (QED) is 0.910. The summed E-state index contributed by atoms with van der Waals surface area (Å²) in [4.78, 5) is 2.61. The van der Waals surface area contributed by atoms with Gasteiger partial charge in [0.1, 0.15) is 0 Å². The topological polar surface area (TPSA) is 33.7 Å². The third-order valence-electron chi connectivity index (χ3n) is 4.69. The van der Waals surface area contributed by atoms with Crippen LogP contribution in [0.25, 0.3) is 0 Å². The average Bonchev–Trinajstić information content (AvgIpc) is 2.91. The second kappa shape index (κ2) is 5.62. The highest BCUT2D eigenvalue weighted by Crippen LogP contribution is 2.34. The monoisotopic (exact) mass is 276 g/mol. The van der Waals surface area contributed by atoms with Gasteiger partial charge in [-0.3, -0.25) is 4.90 Å². The lowest BCUT2D eigenvalue weighted by atomic mass is 9.95. The highest BCUT2D eigenvalue weighted by atomic mass is 16.5. The summed E-state index contributed by atoms with van der Waals surface area (Å²) in [6.07, 6.45) is 1.10. The molecule has 0 spiro atoms. The molecule has 2 heterocycles. The predicted molar refractivity (Wildman–Crippen MR) is 79.5 cm³/mol. The molecule has 0 radical (unpaired) electrons. The Morgan fingerprint density at radius 2 is 1.80 bits per heavy atom. The molecule has 4 nitrogen and oxygen atoms in total. The molecule has 2 unspecified atom stereocenters. The lowest BCUT2D eigenvalue weighted by molar-refractivity contribution is 0.161. The lowest BCUT2D eigenvalue weighted by Crippen LogP contribution is -2.43. The number of ether oxygens (including phenoxy) is 2. The zero-order valence-electron chi connectivity index (χ0n) is 12.6. The van der Waals surface area contributed by atoms with Crippen LogP contribution >= 0.6 is 0 Å². The van der Waals surface area contributed by atoms with E-state index in [1.807, 2.05) is 0 Å². The van der Waals surface area contributed by atoms with Gasteiger partial charge in [-0.15, -0.1) is 0 Å². The molecule has 0 saturated carbocycles. The molecule has 0 aliphatic carbocycles. The number of nitrogens with one attached hydrogen (secondary N) is 1. The average molecular weight is 276 g/mol. The second-order valence-corrected chi connectivity index (χ2v) is 5.90. The van der Waals surface area contributed by atoms with E-state index >= 15 is 0 Å². The first-order chi connectivity index (χ1) is 9.72. The maximum absolute atomic E-state index is 5.43. The minimum absolute atomic E-state index is 0.663. The summed E-state index contributed by atoms with van der Waals surface area (Å²) in [6.45, 7) is 6.75. The van der Waals surface area contributed by atoms with Gasteiger partial charge in [-0.2, -0.15) is 0 Å². The van der Waals surface area contributed by atoms with Crippen molar-refractivity contribution in [1.82, 2.24) is 10.2 Å². The predicted octanol–water partition coefficient (Wildman–Crippen LogP) is 1.67. The highest BCUT2D eigenvalue weighted by Gasteiger charge is 2.31. The molecule has 4 heteroatoms. The van der Waals surface area contributed by atoms with Crippen molar-refractivity contribution in [3.05, 3.63) is 23.3 Å². The summed E-state index contributed by atoms with van der Waals surface area (Å²) in [6, 6.07) is 4.95. The number of hydrogen-bond donors (Lipinski definition) is 1. The van der Waals surface area contributed by atoms with E-state index in [9.17, 15) is 0 Å². The van der Waals surface area contributed by atoms with Gasteiger partial charge in [0.2, 0.25) is 0 Å². The van der Waals surface area contributed by atoms with Gasteiger partial charge in [-0.25, -0.2) is 0 Å². The number of nitrogens with zero attached hydrogens (tertiary/aromatic N) is 1. The Bertz CT molecular complexity index is 490. The van der Waals surface area contributed by atoms with Gasteiger partial charge in [0.05, 0.1) is 14.2 Å². The fourth-order valence-corrected chi connectivity index (χ4v) is 3.47. The maximum Gasteiger partial charge on any atom is 0.161 e. The summed E-state index contributed by atoms with van der Waals surface area (Å²) in [5.41, 5.74) is 2.78. The summed E-state index contributed by atoms with van der Waals surface area (Å²) < 4.78 is 10.8. The first-order valence-corrected chi connectivity index (χ1v) is 7.41. The summed E-state index contributed by atoms with van der Waals surface area (Å²) >= 11 is 0. The molecule has 110 valence electrons. The molecule has 1 aromatic carbocycles. The number of methoxy groups -OCH3 is 2. The third-order valence-corrected chi connectivity index (χ3v) is 4.69. The molecule has 1 aromatic rings. The fourth-order valence-electron chi connectivity index (χ4n) is 3.47. The molecule has 0 aromatic heterocycles. The Morgan fingerprint density at radius 1 is 1.10 bits per heavy atom. The van der Waals surface area contributed by atoms with Gasteiger partial charge in [0, 0.05) is 25.7 Å². The number of fused-ring (bicyclic) bond motifs is 1. The van der Waals surface area contributed by atoms with E-state index in [2.05, 4.69) is 29.3 Å². The fraction of sp³-hybridized carbons (Fsp3) is 0.625. The minimum Gasteiger partial charge on any atom is -0.493 e. The number of hydrogen-bond acceptors (Lipinski definition) is 4.